The lowest BCUT2D eigenvalue weighted by molar-refractivity contribution is -0.384. The Morgan fingerprint density at radius 3 is 2.48 bits per heavy atom. The number of nitro benzene ring substituents is 1. The van der Waals surface area contributed by atoms with Gasteiger partial charge in [0.1, 0.15) is 0 Å². The van der Waals surface area contributed by atoms with E-state index >= 15 is 0 Å². The van der Waals surface area contributed by atoms with E-state index in [-0.39, 0.29) is 16.3 Å². The third-order valence-electron chi connectivity index (χ3n) is 4.61. The topological polar surface area (TPSA) is 78.7 Å². The number of halogens is 1. The van der Waals surface area contributed by atoms with Gasteiger partial charge in [-0.25, -0.2) is 0 Å². The summed E-state index contributed by atoms with van der Waals surface area (Å²) >= 11 is 6.00. The molecule has 0 radical (unpaired) electrons. The fraction of sp³-hybridized carbons (Fsp3) is 0.316. The molecule has 0 unspecified atom stereocenters. The number of nitrogens with zero attached hydrogens (tertiary/aromatic N) is 3. The smallest absolute Gasteiger partial charge is 0.270 e. The van der Waals surface area contributed by atoms with Crippen LogP contribution in [0.5, 0.6) is 0 Å². The van der Waals surface area contributed by atoms with Gasteiger partial charge < -0.3 is 10.2 Å². The van der Waals surface area contributed by atoms with Crippen LogP contribution in [0.2, 0.25) is 5.02 Å². The number of hydrogen-bond donors (Lipinski definition) is 1. The third kappa shape index (κ3) is 4.96. The van der Waals surface area contributed by atoms with Crippen LogP contribution < -0.4 is 10.2 Å². The molecule has 0 atom stereocenters. The lowest BCUT2D eigenvalue weighted by atomic mass is 10.2. The molecule has 1 fully saturated rings. The average Bonchev–Trinajstić information content (AvgIpc) is 2.69. The van der Waals surface area contributed by atoms with Crippen molar-refractivity contribution in [3.63, 3.8) is 0 Å². The number of carbonyl (C=O) groups is 1. The molecule has 0 aliphatic carbocycles. The highest BCUT2D eigenvalue weighted by atomic mass is 35.5. The first-order chi connectivity index (χ1) is 13.0. The fourth-order valence-electron chi connectivity index (χ4n) is 3.09. The summed E-state index contributed by atoms with van der Waals surface area (Å²) in [6, 6.07) is 14.2. The van der Waals surface area contributed by atoms with Gasteiger partial charge in [0.25, 0.3) is 11.6 Å². The first-order valence-electron chi connectivity index (χ1n) is 8.79. The molecule has 1 saturated heterocycles. The van der Waals surface area contributed by atoms with E-state index in [1.807, 2.05) is 18.2 Å². The number of non-ortho nitro benzene ring substituents is 1. The van der Waals surface area contributed by atoms with Crippen LogP contribution in [-0.4, -0.2) is 55.0 Å². The van der Waals surface area contributed by atoms with Crippen molar-refractivity contribution in [2.75, 3.05) is 44.2 Å². The van der Waals surface area contributed by atoms with Crippen LogP contribution in [0.4, 0.5) is 11.4 Å². The van der Waals surface area contributed by atoms with Crippen molar-refractivity contribution in [3.8, 4) is 0 Å². The van der Waals surface area contributed by atoms with Crippen LogP contribution in [0.3, 0.4) is 0 Å². The van der Waals surface area contributed by atoms with Crippen LogP contribution in [0.15, 0.2) is 48.5 Å². The lowest BCUT2D eigenvalue weighted by Crippen LogP contribution is -2.48. The van der Waals surface area contributed by atoms with Crippen LogP contribution in [0.25, 0.3) is 0 Å². The highest BCUT2D eigenvalue weighted by molar-refractivity contribution is 6.33. The molecule has 7 nitrogen and oxygen atoms in total. The van der Waals surface area contributed by atoms with Crippen LogP contribution in [0.1, 0.15) is 10.4 Å². The van der Waals surface area contributed by atoms with Crippen molar-refractivity contribution in [3.05, 3.63) is 69.2 Å². The SMILES string of the molecule is O=C(NCCN1CCN(c2ccccc2)CC1)c1cc([N+](=O)[O-])ccc1Cl. The van der Waals surface area contributed by atoms with Crippen LogP contribution in [0, 0.1) is 10.1 Å². The normalized spacial score (nSPS) is 14.8. The van der Waals surface area contributed by atoms with Crippen LogP contribution >= 0.6 is 11.6 Å². The molecule has 2 aromatic carbocycles. The second kappa shape index (κ2) is 8.83. The molecule has 0 bridgehead atoms. The Kier molecular flexibility index (Phi) is 6.26. The Morgan fingerprint density at radius 2 is 1.81 bits per heavy atom. The van der Waals surface area contributed by atoms with Crippen molar-refractivity contribution in [2.45, 2.75) is 0 Å². The third-order valence-corrected chi connectivity index (χ3v) is 4.94. The number of para-hydroxylation sites is 1. The summed E-state index contributed by atoms with van der Waals surface area (Å²) in [6.07, 6.45) is 0. The van der Waals surface area contributed by atoms with Gasteiger partial charge in [0.05, 0.1) is 15.5 Å². The molecule has 1 N–H and O–H groups in total. The van der Waals surface area contributed by atoms with Gasteiger partial charge in [0.15, 0.2) is 0 Å². The Morgan fingerprint density at radius 1 is 1.11 bits per heavy atom. The number of amides is 1. The van der Waals surface area contributed by atoms with Crippen molar-refractivity contribution >= 4 is 28.9 Å². The van der Waals surface area contributed by atoms with E-state index in [2.05, 4.69) is 27.2 Å². The Bertz CT molecular complexity index is 808. The summed E-state index contributed by atoms with van der Waals surface area (Å²) in [5.74, 6) is -0.397. The molecule has 1 aliphatic rings. The molecule has 0 aromatic heterocycles. The van der Waals surface area contributed by atoms with E-state index in [0.717, 1.165) is 32.7 Å². The zero-order valence-electron chi connectivity index (χ0n) is 14.8. The van der Waals surface area contributed by atoms with Crippen molar-refractivity contribution in [2.24, 2.45) is 0 Å². The minimum absolute atomic E-state index is 0.125. The highest BCUT2D eigenvalue weighted by Gasteiger charge is 2.18. The van der Waals surface area contributed by atoms with Gasteiger partial charge >= 0.3 is 0 Å². The number of nitrogens with one attached hydrogen (secondary N) is 1. The summed E-state index contributed by atoms with van der Waals surface area (Å²) in [6.45, 7) is 4.90. The van der Waals surface area contributed by atoms with E-state index in [4.69, 9.17) is 11.6 Å². The van der Waals surface area contributed by atoms with Gasteiger partial charge in [-0.05, 0) is 18.2 Å². The number of nitro groups is 1. The number of piperazine rings is 1. The Balaban J connectivity index is 1.46. The molecule has 1 aliphatic heterocycles. The zero-order chi connectivity index (χ0) is 19.2. The van der Waals surface area contributed by atoms with Gasteiger partial charge in [0.2, 0.25) is 0 Å². The Labute approximate surface area is 162 Å². The zero-order valence-corrected chi connectivity index (χ0v) is 15.6. The van der Waals surface area contributed by atoms with Gasteiger partial charge in [-0.3, -0.25) is 19.8 Å². The summed E-state index contributed by atoms with van der Waals surface area (Å²) < 4.78 is 0. The van der Waals surface area contributed by atoms with Gasteiger partial charge in [0, 0.05) is 57.1 Å². The predicted molar refractivity (Wildman–Crippen MR) is 106 cm³/mol. The molecule has 3 rings (SSSR count). The Hall–Kier alpha value is -2.64. The molecule has 27 heavy (non-hydrogen) atoms. The standard InChI is InChI=1S/C19H21ClN4O3/c20-18-7-6-16(24(26)27)14-17(18)19(25)21-8-9-22-10-12-23(13-11-22)15-4-2-1-3-5-15/h1-7,14H,8-13H2,(H,21,25). The van der Waals surface area contributed by atoms with E-state index in [0.29, 0.717) is 6.54 Å². The second-order valence-corrected chi connectivity index (χ2v) is 6.75. The van der Waals surface area contributed by atoms with Crippen molar-refractivity contribution < 1.29 is 9.72 Å². The molecule has 2 aromatic rings. The van der Waals surface area contributed by atoms with E-state index in [1.54, 1.807) is 0 Å². The first kappa shape index (κ1) is 19.1. The van der Waals surface area contributed by atoms with E-state index in [9.17, 15) is 14.9 Å². The largest absolute Gasteiger partial charge is 0.369 e. The molecule has 142 valence electrons. The maximum Gasteiger partial charge on any atom is 0.270 e. The molecule has 1 amide bonds. The highest BCUT2D eigenvalue weighted by Crippen LogP contribution is 2.22. The summed E-state index contributed by atoms with van der Waals surface area (Å²) in [5, 5.41) is 13.9. The molecule has 0 saturated carbocycles. The maximum atomic E-state index is 12.3. The van der Waals surface area contributed by atoms with Crippen molar-refractivity contribution in [1.82, 2.24) is 10.2 Å². The maximum absolute atomic E-state index is 12.3. The number of anilines is 1. The van der Waals surface area contributed by atoms with Gasteiger partial charge in [-0.15, -0.1) is 0 Å². The summed E-state index contributed by atoms with van der Waals surface area (Å²) in [4.78, 5) is 27.2. The first-order valence-corrected chi connectivity index (χ1v) is 9.17. The van der Waals surface area contributed by atoms with Gasteiger partial charge in [-0.2, -0.15) is 0 Å². The lowest BCUT2D eigenvalue weighted by Gasteiger charge is -2.36. The number of rotatable bonds is 6. The minimum atomic E-state index is -0.542. The molecule has 1 heterocycles. The quantitative estimate of drug-likeness (QED) is 0.608. The summed E-state index contributed by atoms with van der Waals surface area (Å²) in [7, 11) is 0. The number of benzene rings is 2. The average molecular weight is 389 g/mol. The van der Waals surface area contributed by atoms with Gasteiger partial charge in [-0.1, -0.05) is 29.8 Å². The van der Waals surface area contributed by atoms with E-state index < -0.39 is 10.8 Å². The predicted octanol–water partition coefficient (Wildman–Crippen LogP) is 2.80. The van der Waals surface area contributed by atoms with E-state index in [1.165, 1.54) is 23.9 Å². The fourth-order valence-corrected chi connectivity index (χ4v) is 3.30. The molecular formula is C19H21ClN4O3. The monoisotopic (exact) mass is 388 g/mol. The van der Waals surface area contributed by atoms with Crippen LogP contribution in [-0.2, 0) is 0 Å². The molecule has 0 spiro atoms. The van der Waals surface area contributed by atoms with Crippen molar-refractivity contribution in [1.29, 1.82) is 0 Å². The molecular weight excluding hydrogens is 368 g/mol. The molecule has 8 heteroatoms. The number of hydrogen-bond acceptors (Lipinski definition) is 5. The minimum Gasteiger partial charge on any atom is -0.369 e. The second-order valence-electron chi connectivity index (χ2n) is 6.34. The number of carbonyl (C=O) groups excluding carboxylic acids is 1. The summed E-state index contributed by atoms with van der Waals surface area (Å²) in [5.41, 5.74) is 1.20.